The van der Waals surface area contributed by atoms with Gasteiger partial charge in [0, 0.05) is 6.20 Å². The molecule has 0 amide bonds. The van der Waals surface area contributed by atoms with Crippen LogP contribution in [0.25, 0.3) is 0 Å². The van der Waals surface area contributed by atoms with Gasteiger partial charge in [-0.2, -0.15) is 5.26 Å². The number of sulfonamides is 1. The van der Waals surface area contributed by atoms with Crippen molar-refractivity contribution in [1.29, 1.82) is 5.26 Å². The molecule has 2 N–H and O–H groups in total. The largest absolute Gasteiger partial charge is 0.476 e. The molecule has 0 spiro atoms. The lowest BCUT2D eigenvalue weighted by atomic mass is 10.2. The Bertz CT molecular complexity index is 840. The molecule has 0 bridgehead atoms. The second kappa shape index (κ2) is 5.60. The molecule has 0 aliphatic rings. The minimum Gasteiger partial charge on any atom is -0.476 e. The third kappa shape index (κ3) is 2.98. The van der Waals surface area contributed by atoms with E-state index in [9.17, 15) is 13.2 Å². The van der Waals surface area contributed by atoms with Crippen molar-refractivity contribution >= 4 is 21.7 Å². The molecule has 0 aliphatic heterocycles. The highest BCUT2D eigenvalue weighted by Gasteiger charge is 2.21. The Balaban J connectivity index is 2.49. The van der Waals surface area contributed by atoms with Crippen molar-refractivity contribution in [1.82, 2.24) is 4.98 Å². The topological polar surface area (TPSA) is 120 Å². The van der Waals surface area contributed by atoms with Crippen molar-refractivity contribution in [2.45, 2.75) is 4.90 Å². The summed E-state index contributed by atoms with van der Waals surface area (Å²) in [7, 11) is -4.09. The molecule has 0 fully saturated rings. The molecular formula is C13H9N3O4S. The molecule has 0 unspecified atom stereocenters. The minimum atomic E-state index is -4.09. The van der Waals surface area contributed by atoms with Crippen LogP contribution in [0.5, 0.6) is 0 Å². The molecular weight excluding hydrogens is 294 g/mol. The molecule has 21 heavy (non-hydrogen) atoms. The molecule has 8 heteroatoms. The highest BCUT2D eigenvalue weighted by molar-refractivity contribution is 7.92. The van der Waals surface area contributed by atoms with E-state index < -0.39 is 21.7 Å². The number of anilines is 1. The fourth-order valence-electron chi connectivity index (χ4n) is 1.65. The first-order chi connectivity index (χ1) is 9.95. The van der Waals surface area contributed by atoms with E-state index in [2.05, 4.69) is 9.71 Å². The van der Waals surface area contributed by atoms with Crippen molar-refractivity contribution in [3.8, 4) is 6.07 Å². The number of hydrogen-bond donors (Lipinski definition) is 2. The molecule has 1 aromatic heterocycles. The van der Waals surface area contributed by atoms with Gasteiger partial charge in [0.05, 0.1) is 11.3 Å². The summed E-state index contributed by atoms with van der Waals surface area (Å²) in [6.45, 7) is 0. The van der Waals surface area contributed by atoms with Crippen LogP contribution in [0.15, 0.2) is 47.5 Å². The predicted octanol–water partition coefficient (Wildman–Crippen LogP) is 1.45. The van der Waals surface area contributed by atoms with Crippen molar-refractivity contribution < 1.29 is 18.3 Å². The second-order valence-electron chi connectivity index (χ2n) is 3.92. The maximum atomic E-state index is 12.3. The Kier molecular flexibility index (Phi) is 3.86. The first kappa shape index (κ1) is 14.5. The van der Waals surface area contributed by atoms with E-state index in [0.717, 1.165) is 0 Å². The van der Waals surface area contributed by atoms with E-state index in [4.69, 9.17) is 10.4 Å². The van der Waals surface area contributed by atoms with Crippen LogP contribution in [0, 0.1) is 11.3 Å². The number of nitriles is 1. The van der Waals surface area contributed by atoms with E-state index in [0.29, 0.717) is 0 Å². The number of aromatic carboxylic acids is 1. The Morgan fingerprint density at radius 2 is 1.95 bits per heavy atom. The molecule has 1 aromatic carbocycles. The predicted molar refractivity (Wildman–Crippen MR) is 73.2 cm³/mol. The summed E-state index contributed by atoms with van der Waals surface area (Å²) >= 11 is 0. The highest BCUT2D eigenvalue weighted by atomic mass is 32.2. The minimum absolute atomic E-state index is 0.0363. The second-order valence-corrected chi connectivity index (χ2v) is 5.57. The molecule has 1 heterocycles. The Morgan fingerprint density at radius 1 is 1.24 bits per heavy atom. The number of hydrogen-bond acceptors (Lipinski definition) is 5. The van der Waals surface area contributed by atoms with Gasteiger partial charge in [0.2, 0.25) is 0 Å². The molecule has 0 saturated heterocycles. The number of carboxylic acid groups (broad SMARTS) is 1. The number of nitrogens with zero attached hydrogens (tertiary/aromatic N) is 2. The molecule has 0 aliphatic carbocycles. The van der Waals surface area contributed by atoms with Crippen LogP contribution < -0.4 is 4.72 Å². The van der Waals surface area contributed by atoms with E-state index in [1.165, 1.54) is 42.6 Å². The monoisotopic (exact) mass is 303 g/mol. The zero-order valence-electron chi connectivity index (χ0n) is 10.5. The quantitative estimate of drug-likeness (QED) is 0.882. The van der Waals surface area contributed by atoms with Gasteiger partial charge in [-0.25, -0.2) is 18.2 Å². The maximum Gasteiger partial charge on any atom is 0.356 e. The highest BCUT2D eigenvalue weighted by Crippen LogP contribution is 2.20. The number of pyridine rings is 1. The van der Waals surface area contributed by atoms with Gasteiger partial charge >= 0.3 is 5.97 Å². The van der Waals surface area contributed by atoms with Gasteiger partial charge in [0.15, 0.2) is 5.69 Å². The SMILES string of the molecule is N#Cc1ccccc1S(=O)(=O)Nc1cccnc1C(=O)O. The Morgan fingerprint density at radius 3 is 2.62 bits per heavy atom. The molecule has 2 rings (SSSR count). The maximum absolute atomic E-state index is 12.3. The van der Waals surface area contributed by atoms with E-state index in [1.807, 2.05) is 0 Å². The lowest BCUT2D eigenvalue weighted by Crippen LogP contribution is -2.17. The van der Waals surface area contributed by atoms with Crippen LogP contribution >= 0.6 is 0 Å². The van der Waals surface area contributed by atoms with Gasteiger partial charge in [-0.1, -0.05) is 12.1 Å². The van der Waals surface area contributed by atoms with E-state index >= 15 is 0 Å². The number of aromatic nitrogens is 1. The van der Waals surface area contributed by atoms with Crippen LogP contribution in [0.2, 0.25) is 0 Å². The van der Waals surface area contributed by atoms with Gasteiger partial charge in [0.25, 0.3) is 10.0 Å². The van der Waals surface area contributed by atoms with E-state index in [-0.39, 0.29) is 16.1 Å². The number of carbonyl (C=O) groups is 1. The smallest absolute Gasteiger partial charge is 0.356 e. The lowest BCUT2D eigenvalue weighted by Gasteiger charge is -2.10. The van der Waals surface area contributed by atoms with E-state index in [1.54, 1.807) is 6.07 Å². The molecule has 106 valence electrons. The third-order valence-electron chi connectivity index (χ3n) is 2.55. The third-order valence-corrected chi connectivity index (χ3v) is 3.98. The van der Waals surface area contributed by atoms with Crippen molar-refractivity contribution in [3.05, 3.63) is 53.9 Å². The first-order valence-electron chi connectivity index (χ1n) is 5.66. The fraction of sp³-hybridized carbons (Fsp3) is 0. The number of nitrogens with one attached hydrogen (secondary N) is 1. The van der Waals surface area contributed by atoms with Gasteiger partial charge in [-0.05, 0) is 24.3 Å². The summed E-state index contributed by atoms with van der Waals surface area (Å²) < 4.78 is 26.7. The molecule has 0 radical (unpaired) electrons. The van der Waals surface area contributed by atoms with Crippen molar-refractivity contribution in [2.24, 2.45) is 0 Å². The fourth-order valence-corrected chi connectivity index (χ4v) is 2.88. The molecule has 0 atom stereocenters. The summed E-state index contributed by atoms with van der Waals surface area (Å²) in [4.78, 5) is 14.4. The molecule has 0 saturated carbocycles. The average molecular weight is 303 g/mol. The van der Waals surface area contributed by atoms with Crippen molar-refractivity contribution in [2.75, 3.05) is 4.72 Å². The van der Waals surface area contributed by atoms with Crippen LogP contribution in [-0.2, 0) is 10.0 Å². The van der Waals surface area contributed by atoms with Gasteiger partial charge < -0.3 is 5.11 Å². The number of carboxylic acids is 1. The van der Waals surface area contributed by atoms with Crippen LogP contribution in [0.4, 0.5) is 5.69 Å². The Labute approximate surface area is 120 Å². The Hall–Kier alpha value is -2.92. The van der Waals surface area contributed by atoms with Crippen LogP contribution in [0.1, 0.15) is 16.1 Å². The normalized spacial score (nSPS) is 10.6. The summed E-state index contributed by atoms with van der Waals surface area (Å²) in [5.74, 6) is -1.36. The zero-order valence-corrected chi connectivity index (χ0v) is 11.3. The number of rotatable bonds is 4. The van der Waals surface area contributed by atoms with Crippen molar-refractivity contribution in [3.63, 3.8) is 0 Å². The summed E-state index contributed by atoms with van der Waals surface area (Å²) in [6, 6.07) is 10.1. The summed E-state index contributed by atoms with van der Waals surface area (Å²) in [5.41, 5.74) is -0.626. The summed E-state index contributed by atoms with van der Waals surface area (Å²) in [5, 5.41) is 17.9. The molecule has 7 nitrogen and oxygen atoms in total. The van der Waals surface area contributed by atoms with Gasteiger partial charge in [-0.15, -0.1) is 0 Å². The standard InChI is InChI=1S/C13H9N3O4S/c14-8-9-4-1-2-6-11(9)21(19,20)16-10-5-3-7-15-12(10)13(17)18/h1-7,16H,(H,17,18). The van der Waals surface area contributed by atoms with Gasteiger partial charge in [-0.3, -0.25) is 4.72 Å². The lowest BCUT2D eigenvalue weighted by molar-refractivity contribution is 0.0692. The van der Waals surface area contributed by atoms with Crippen LogP contribution in [0.3, 0.4) is 0 Å². The summed E-state index contributed by atoms with van der Waals surface area (Å²) in [6.07, 6.45) is 1.24. The average Bonchev–Trinajstić information content (AvgIpc) is 2.47. The zero-order chi connectivity index (χ0) is 15.5. The molecule has 2 aromatic rings. The first-order valence-corrected chi connectivity index (χ1v) is 7.14. The van der Waals surface area contributed by atoms with Crippen LogP contribution in [-0.4, -0.2) is 24.5 Å². The number of benzene rings is 1. The van der Waals surface area contributed by atoms with Gasteiger partial charge in [0.1, 0.15) is 11.0 Å².